The van der Waals surface area contributed by atoms with E-state index in [1.807, 2.05) is 12.1 Å². The SMILES string of the molecule is CC1Oc2ccccc2N(CCC(=O)NCCNc2ccccc2[N+](=O)[O-])C1=O. The van der Waals surface area contributed by atoms with Gasteiger partial charge in [0, 0.05) is 32.1 Å². The van der Waals surface area contributed by atoms with Gasteiger partial charge in [0.1, 0.15) is 11.4 Å². The molecule has 1 aliphatic heterocycles. The van der Waals surface area contributed by atoms with Crippen LogP contribution in [0, 0.1) is 10.1 Å². The second-order valence-corrected chi connectivity index (χ2v) is 6.52. The van der Waals surface area contributed by atoms with Crippen LogP contribution < -0.4 is 20.3 Å². The summed E-state index contributed by atoms with van der Waals surface area (Å²) in [6.45, 7) is 2.56. The van der Waals surface area contributed by atoms with Crippen LogP contribution in [0.3, 0.4) is 0 Å². The Morgan fingerprint density at radius 3 is 2.69 bits per heavy atom. The number of hydrogen-bond donors (Lipinski definition) is 2. The first-order chi connectivity index (χ1) is 14.0. The van der Waals surface area contributed by atoms with Gasteiger partial charge < -0.3 is 20.3 Å². The molecule has 1 unspecified atom stereocenters. The summed E-state index contributed by atoms with van der Waals surface area (Å²) in [6.07, 6.45) is -0.461. The molecule has 0 aliphatic carbocycles. The Morgan fingerprint density at radius 2 is 1.90 bits per heavy atom. The molecule has 0 fully saturated rings. The second-order valence-electron chi connectivity index (χ2n) is 6.52. The molecule has 2 aromatic carbocycles. The molecule has 0 radical (unpaired) electrons. The van der Waals surface area contributed by atoms with Gasteiger partial charge in [-0.25, -0.2) is 0 Å². The van der Waals surface area contributed by atoms with Crippen molar-refractivity contribution in [3.63, 3.8) is 0 Å². The number of nitrogens with zero attached hydrogens (tertiary/aromatic N) is 2. The minimum Gasteiger partial charge on any atom is -0.479 e. The van der Waals surface area contributed by atoms with Gasteiger partial charge >= 0.3 is 0 Å². The van der Waals surface area contributed by atoms with Crippen molar-refractivity contribution in [2.45, 2.75) is 19.4 Å². The van der Waals surface area contributed by atoms with E-state index in [4.69, 9.17) is 4.74 Å². The third-order valence-electron chi connectivity index (χ3n) is 4.50. The lowest BCUT2D eigenvalue weighted by molar-refractivity contribution is -0.384. The van der Waals surface area contributed by atoms with E-state index in [9.17, 15) is 19.7 Å². The Labute approximate surface area is 167 Å². The van der Waals surface area contributed by atoms with Gasteiger partial charge in [-0.15, -0.1) is 0 Å². The molecule has 2 N–H and O–H groups in total. The number of benzene rings is 2. The molecule has 3 rings (SSSR count). The fourth-order valence-electron chi connectivity index (χ4n) is 3.07. The smallest absolute Gasteiger partial charge is 0.292 e. The minimum atomic E-state index is -0.598. The van der Waals surface area contributed by atoms with Crippen molar-refractivity contribution in [3.05, 3.63) is 58.6 Å². The van der Waals surface area contributed by atoms with Crippen LogP contribution in [0.5, 0.6) is 5.75 Å². The Balaban J connectivity index is 1.47. The number of rotatable bonds is 8. The maximum absolute atomic E-state index is 12.4. The standard InChI is InChI=1S/C20H22N4O5/c1-14-20(26)23(17-8-4-5-9-18(17)29-14)13-10-19(25)22-12-11-21-15-6-2-3-7-16(15)24(27)28/h2-9,14,21H,10-13H2,1H3,(H,22,25). The third-order valence-corrected chi connectivity index (χ3v) is 4.50. The van der Waals surface area contributed by atoms with Crippen LogP contribution in [0.15, 0.2) is 48.5 Å². The van der Waals surface area contributed by atoms with E-state index < -0.39 is 11.0 Å². The van der Waals surface area contributed by atoms with E-state index in [1.54, 1.807) is 42.2 Å². The van der Waals surface area contributed by atoms with Gasteiger partial charge in [0.2, 0.25) is 5.91 Å². The summed E-state index contributed by atoms with van der Waals surface area (Å²) in [6, 6.07) is 13.5. The Bertz CT molecular complexity index is 917. The Kier molecular flexibility index (Phi) is 6.28. The monoisotopic (exact) mass is 398 g/mol. The van der Waals surface area contributed by atoms with Gasteiger partial charge in [-0.2, -0.15) is 0 Å². The van der Waals surface area contributed by atoms with Crippen molar-refractivity contribution < 1.29 is 19.2 Å². The van der Waals surface area contributed by atoms with Crippen molar-refractivity contribution in [1.82, 2.24) is 5.32 Å². The van der Waals surface area contributed by atoms with Crippen LogP contribution in [0.1, 0.15) is 13.3 Å². The number of ether oxygens (including phenoxy) is 1. The van der Waals surface area contributed by atoms with Crippen molar-refractivity contribution in [3.8, 4) is 5.75 Å². The number of anilines is 2. The van der Waals surface area contributed by atoms with Crippen LogP contribution >= 0.6 is 0 Å². The maximum Gasteiger partial charge on any atom is 0.292 e. The number of nitro groups is 1. The molecule has 0 saturated carbocycles. The molecule has 0 aromatic heterocycles. The fourth-order valence-corrected chi connectivity index (χ4v) is 3.07. The number of nitro benzene ring substituents is 1. The predicted octanol–water partition coefficient (Wildman–Crippen LogP) is 2.33. The fraction of sp³-hybridized carbons (Fsp3) is 0.300. The molecule has 9 nitrogen and oxygen atoms in total. The summed E-state index contributed by atoms with van der Waals surface area (Å²) in [5.74, 6) is 0.224. The molecule has 2 amide bonds. The van der Waals surface area contributed by atoms with Gasteiger partial charge in [-0.3, -0.25) is 19.7 Å². The molecule has 1 aliphatic rings. The molecule has 2 aromatic rings. The zero-order valence-electron chi connectivity index (χ0n) is 16.0. The average molecular weight is 398 g/mol. The van der Waals surface area contributed by atoms with Crippen LogP contribution in [-0.4, -0.2) is 42.5 Å². The number of para-hydroxylation sites is 4. The lowest BCUT2D eigenvalue weighted by Crippen LogP contribution is -2.46. The van der Waals surface area contributed by atoms with Crippen LogP contribution in [0.4, 0.5) is 17.1 Å². The number of carbonyl (C=O) groups is 2. The molecule has 1 heterocycles. The lowest BCUT2D eigenvalue weighted by atomic mass is 10.1. The molecule has 29 heavy (non-hydrogen) atoms. The highest BCUT2D eigenvalue weighted by atomic mass is 16.6. The highest BCUT2D eigenvalue weighted by Gasteiger charge is 2.31. The molecule has 0 spiro atoms. The van der Waals surface area contributed by atoms with Crippen molar-refractivity contribution >= 4 is 28.9 Å². The summed E-state index contributed by atoms with van der Waals surface area (Å²) >= 11 is 0. The molecular weight excluding hydrogens is 376 g/mol. The molecule has 0 saturated heterocycles. The van der Waals surface area contributed by atoms with Crippen molar-refractivity contribution in [1.29, 1.82) is 0 Å². The van der Waals surface area contributed by atoms with Gasteiger partial charge in [-0.05, 0) is 25.1 Å². The average Bonchev–Trinajstić information content (AvgIpc) is 2.71. The number of nitrogens with one attached hydrogen (secondary N) is 2. The summed E-state index contributed by atoms with van der Waals surface area (Å²) in [5, 5.41) is 16.7. The van der Waals surface area contributed by atoms with Crippen LogP contribution in [0.25, 0.3) is 0 Å². The molecule has 9 heteroatoms. The first-order valence-corrected chi connectivity index (χ1v) is 9.28. The summed E-state index contributed by atoms with van der Waals surface area (Å²) in [5.41, 5.74) is 1.04. The molecule has 0 bridgehead atoms. The number of fused-ring (bicyclic) bond motifs is 1. The van der Waals surface area contributed by atoms with E-state index in [0.29, 0.717) is 30.2 Å². The highest BCUT2D eigenvalue weighted by molar-refractivity contribution is 6.00. The summed E-state index contributed by atoms with van der Waals surface area (Å²) in [7, 11) is 0. The number of hydrogen-bond acceptors (Lipinski definition) is 6. The van der Waals surface area contributed by atoms with Gasteiger partial charge in [0.15, 0.2) is 6.10 Å². The summed E-state index contributed by atoms with van der Waals surface area (Å²) in [4.78, 5) is 36.7. The first-order valence-electron chi connectivity index (χ1n) is 9.28. The summed E-state index contributed by atoms with van der Waals surface area (Å²) < 4.78 is 5.58. The normalized spacial score (nSPS) is 15.3. The quantitative estimate of drug-likeness (QED) is 0.401. The predicted molar refractivity (Wildman–Crippen MR) is 108 cm³/mol. The molecular formula is C20H22N4O5. The zero-order valence-corrected chi connectivity index (χ0v) is 16.0. The largest absolute Gasteiger partial charge is 0.479 e. The molecule has 152 valence electrons. The Morgan fingerprint density at radius 1 is 1.17 bits per heavy atom. The van der Waals surface area contributed by atoms with E-state index in [0.717, 1.165) is 0 Å². The molecule has 1 atom stereocenters. The minimum absolute atomic E-state index is 0.0163. The van der Waals surface area contributed by atoms with Crippen LogP contribution in [0.2, 0.25) is 0 Å². The first kappa shape index (κ1) is 20.1. The van der Waals surface area contributed by atoms with Gasteiger partial charge in [-0.1, -0.05) is 24.3 Å². The van der Waals surface area contributed by atoms with Crippen molar-refractivity contribution in [2.24, 2.45) is 0 Å². The maximum atomic E-state index is 12.4. The van der Waals surface area contributed by atoms with E-state index in [-0.39, 0.29) is 30.5 Å². The Hall–Kier alpha value is -3.62. The highest BCUT2D eigenvalue weighted by Crippen LogP contribution is 2.33. The second kappa shape index (κ2) is 9.05. The zero-order chi connectivity index (χ0) is 20.8. The number of amides is 2. The van der Waals surface area contributed by atoms with Crippen LogP contribution in [-0.2, 0) is 9.59 Å². The van der Waals surface area contributed by atoms with E-state index in [2.05, 4.69) is 10.6 Å². The lowest BCUT2D eigenvalue weighted by Gasteiger charge is -2.32. The van der Waals surface area contributed by atoms with Gasteiger partial charge in [0.05, 0.1) is 10.6 Å². The topological polar surface area (TPSA) is 114 Å². The third kappa shape index (κ3) is 4.81. The van der Waals surface area contributed by atoms with Gasteiger partial charge in [0.25, 0.3) is 11.6 Å². The number of carbonyl (C=O) groups excluding carboxylic acids is 2. The van der Waals surface area contributed by atoms with E-state index >= 15 is 0 Å². The van der Waals surface area contributed by atoms with Crippen molar-refractivity contribution in [2.75, 3.05) is 29.9 Å². The van der Waals surface area contributed by atoms with E-state index in [1.165, 1.54) is 6.07 Å².